The lowest BCUT2D eigenvalue weighted by Crippen LogP contribution is -1.93. The van der Waals surface area contributed by atoms with Crippen molar-refractivity contribution in [3.8, 4) is 5.75 Å². The van der Waals surface area contributed by atoms with Crippen LogP contribution in [0.1, 0.15) is 15.9 Å². The standard InChI is InChI=1S/C8H5ClO3/c9-8(10)6-3-1-2-5-4-11-12-7(5)6/h1-3H,4H2. The van der Waals surface area contributed by atoms with Gasteiger partial charge in [0.05, 0.1) is 5.56 Å². The number of hydrogen-bond donors (Lipinski definition) is 0. The number of halogens is 1. The van der Waals surface area contributed by atoms with E-state index in [9.17, 15) is 4.79 Å². The van der Waals surface area contributed by atoms with Gasteiger partial charge in [0.15, 0.2) is 5.75 Å². The molecular formula is C8H5ClO3. The minimum atomic E-state index is -0.530. The fraction of sp³-hybridized carbons (Fsp3) is 0.125. The first-order valence-electron chi connectivity index (χ1n) is 3.40. The van der Waals surface area contributed by atoms with E-state index in [4.69, 9.17) is 21.4 Å². The zero-order valence-electron chi connectivity index (χ0n) is 6.04. The molecule has 1 aliphatic rings. The van der Waals surface area contributed by atoms with Gasteiger partial charge in [0, 0.05) is 5.56 Å². The van der Waals surface area contributed by atoms with E-state index in [1.165, 1.54) is 0 Å². The van der Waals surface area contributed by atoms with Crippen LogP contribution in [-0.2, 0) is 11.5 Å². The van der Waals surface area contributed by atoms with E-state index in [1.807, 2.05) is 6.07 Å². The number of carbonyl (C=O) groups is 1. The smallest absolute Gasteiger partial charge is 0.256 e. The van der Waals surface area contributed by atoms with E-state index in [2.05, 4.69) is 0 Å². The Kier molecular flexibility index (Phi) is 1.75. The summed E-state index contributed by atoms with van der Waals surface area (Å²) in [7, 11) is 0. The molecule has 0 atom stereocenters. The van der Waals surface area contributed by atoms with Crippen LogP contribution in [0.2, 0.25) is 0 Å². The summed E-state index contributed by atoms with van der Waals surface area (Å²) in [5, 5.41) is -0.530. The lowest BCUT2D eigenvalue weighted by atomic mass is 10.1. The van der Waals surface area contributed by atoms with E-state index >= 15 is 0 Å². The highest BCUT2D eigenvalue weighted by Crippen LogP contribution is 2.30. The minimum Gasteiger partial charge on any atom is -0.336 e. The Morgan fingerprint density at radius 2 is 2.33 bits per heavy atom. The third-order valence-electron chi connectivity index (χ3n) is 1.67. The molecule has 0 N–H and O–H groups in total. The van der Waals surface area contributed by atoms with Gasteiger partial charge < -0.3 is 4.89 Å². The first-order chi connectivity index (χ1) is 5.79. The van der Waals surface area contributed by atoms with Crippen LogP contribution >= 0.6 is 11.6 Å². The van der Waals surface area contributed by atoms with E-state index in [1.54, 1.807) is 12.1 Å². The summed E-state index contributed by atoms with van der Waals surface area (Å²) < 4.78 is 0. The minimum absolute atomic E-state index is 0.353. The zero-order valence-corrected chi connectivity index (χ0v) is 6.80. The molecule has 1 heterocycles. The van der Waals surface area contributed by atoms with Crippen molar-refractivity contribution < 1.29 is 14.6 Å². The summed E-state index contributed by atoms with van der Waals surface area (Å²) in [5.41, 5.74) is 1.20. The average Bonchev–Trinajstić information content (AvgIpc) is 2.49. The largest absolute Gasteiger partial charge is 0.336 e. The highest BCUT2D eigenvalue weighted by molar-refractivity contribution is 6.68. The molecular weight excluding hydrogens is 180 g/mol. The maximum absolute atomic E-state index is 10.8. The Balaban J connectivity index is 2.56. The number of fused-ring (bicyclic) bond motifs is 1. The summed E-state index contributed by atoms with van der Waals surface area (Å²) in [4.78, 5) is 20.3. The Hall–Kier alpha value is -1.06. The maximum atomic E-state index is 10.8. The van der Waals surface area contributed by atoms with Gasteiger partial charge in [0.1, 0.15) is 6.61 Å². The van der Waals surface area contributed by atoms with E-state index in [0.717, 1.165) is 5.56 Å². The van der Waals surface area contributed by atoms with Crippen molar-refractivity contribution in [3.63, 3.8) is 0 Å². The first kappa shape index (κ1) is 7.58. The molecule has 1 aromatic carbocycles. The Labute approximate surface area is 73.8 Å². The van der Waals surface area contributed by atoms with Gasteiger partial charge in [0.25, 0.3) is 5.24 Å². The summed E-state index contributed by atoms with van der Waals surface area (Å²) >= 11 is 5.31. The predicted molar refractivity (Wildman–Crippen MR) is 42.0 cm³/mol. The molecule has 1 aliphatic heterocycles. The third kappa shape index (κ3) is 1.07. The summed E-state index contributed by atoms with van der Waals surface area (Å²) in [6, 6.07) is 5.17. The monoisotopic (exact) mass is 184 g/mol. The molecule has 4 heteroatoms. The molecule has 0 aromatic heterocycles. The van der Waals surface area contributed by atoms with E-state index in [-0.39, 0.29) is 0 Å². The van der Waals surface area contributed by atoms with Crippen LogP contribution in [-0.4, -0.2) is 5.24 Å². The van der Waals surface area contributed by atoms with Gasteiger partial charge in [-0.3, -0.25) is 4.79 Å². The molecule has 62 valence electrons. The number of benzene rings is 1. The van der Waals surface area contributed by atoms with Crippen molar-refractivity contribution in [3.05, 3.63) is 29.3 Å². The molecule has 0 spiro atoms. The maximum Gasteiger partial charge on any atom is 0.256 e. The molecule has 0 bridgehead atoms. The average molecular weight is 185 g/mol. The van der Waals surface area contributed by atoms with Crippen molar-refractivity contribution >= 4 is 16.8 Å². The number of hydrogen-bond acceptors (Lipinski definition) is 3. The highest BCUT2D eigenvalue weighted by atomic mass is 35.5. The zero-order chi connectivity index (χ0) is 8.55. The molecule has 0 amide bonds. The summed E-state index contributed by atoms with van der Waals surface area (Å²) in [6.45, 7) is 0.368. The number of carbonyl (C=O) groups excluding carboxylic acids is 1. The topological polar surface area (TPSA) is 35.5 Å². The molecule has 0 saturated heterocycles. The van der Waals surface area contributed by atoms with Crippen LogP contribution in [0.25, 0.3) is 0 Å². The van der Waals surface area contributed by atoms with Crippen LogP contribution < -0.4 is 4.89 Å². The molecule has 0 aliphatic carbocycles. The second-order valence-electron chi connectivity index (χ2n) is 2.41. The van der Waals surface area contributed by atoms with Crippen molar-refractivity contribution in [2.45, 2.75) is 6.61 Å². The van der Waals surface area contributed by atoms with Gasteiger partial charge in [-0.1, -0.05) is 12.1 Å². The number of rotatable bonds is 1. The molecule has 0 fully saturated rings. The van der Waals surface area contributed by atoms with Crippen LogP contribution in [0.15, 0.2) is 18.2 Å². The van der Waals surface area contributed by atoms with Gasteiger partial charge in [-0.05, 0) is 17.7 Å². The number of para-hydroxylation sites is 1. The Morgan fingerprint density at radius 3 is 3.08 bits per heavy atom. The van der Waals surface area contributed by atoms with Crippen LogP contribution in [0.4, 0.5) is 0 Å². The second-order valence-corrected chi connectivity index (χ2v) is 2.76. The first-order valence-corrected chi connectivity index (χ1v) is 3.78. The molecule has 12 heavy (non-hydrogen) atoms. The molecule has 3 nitrogen and oxygen atoms in total. The predicted octanol–water partition coefficient (Wildman–Crippen LogP) is 1.89. The van der Waals surface area contributed by atoms with Crippen LogP contribution in [0.3, 0.4) is 0 Å². The van der Waals surface area contributed by atoms with Crippen LogP contribution in [0, 0.1) is 0 Å². The summed E-state index contributed by atoms with van der Waals surface area (Å²) in [6.07, 6.45) is 0. The molecule has 0 saturated carbocycles. The highest BCUT2D eigenvalue weighted by Gasteiger charge is 2.20. The fourth-order valence-corrected chi connectivity index (χ4v) is 1.25. The molecule has 2 rings (SSSR count). The normalized spacial score (nSPS) is 13.8. The lowest BCUT2D eigenvalue weighted by molar-refractivity contribution is -0.194. The molecule has 1 aromatic rings. The second kappa shape index (κ2) is 2.77. The Morgan fingerprint density at radius 1 is 1.50 bits per heavy atom. The van der Waals surface area contributed by atoms with Gasteiger partial charge in [-0.2, -0.15) is 4.89 Å². The van der Waals surface area contributed by atoms with Crippen molar-refractivity contribution in [2.75, 3.05) is 0 Å². The van der Waals surface area contributed by atoms with Crippen LogP contribution in [0.5, 0.6) is 5.75 Å². The third-order valence-corrected chi connectivity index (χ3v) is 1.87. The quantitative estimate of drug-likeness (QED) is 0.494. The van der Waals surface area contributed by atoms with Gasteiger partial charge in [0.2, 0.25) is 0 Å². The SMILES string of the molecule is O=C(Cl)c1cccc2c1OOC2. The van der Waals surface area contributed by atoms with Gasteiger partial charge in [-0.15, -0.1) is 0 Å². The van der Waals surface area contributed by atoms with E-state index in [0.29, 0.717) is 17.9 Å². The lowest BCUT2D eigenvalue weighted by Gasteiger charge is -1.98. The Bertz CT molecular complexity index is 335. The fourth-order valence-electron chi connectivity index (χ4n) is 1.10. The van der Waals surface area contributed by atoms with Crippen molar-refractivity contribution in [1.29, 1.82) is 0 Å². The molecule has 0 unspecified atom stereocenters. The van der Waals surface area contributed by atoms with E-state index < -0.39 is 5.24 Å². The summed E-state index contributed by atoms with van der Waals surface area (Å²) in [5.74, 6) is 0.442. The van der Waals surface area contributed by atoms with Crippen molar-refractivity contribution in [2.24, 2.45) is 0 Å². The van der Waals surface area contributed by atoms with Gasteiger partial charge in [-0.25, -0.2) is 0 Å². The van der Waals surface area contributed by atoms with Gasteiger partial charge >= 0.3 is 0 Å². The van der Waals surface area contributed by atoms with Crippen molar-refractivity contribution in [1.82, 2.24) is 0 Å². The molecule has 0 radical (unpaired) electrons.